The van der Waals surface area contributed by atoms with Crippen molar-refractivity contribution in [3.8, 4) is 11.4 Å². The first kappa shape index (κ1) is 20.4. The van der Waals surface area contributed by atoms with Gasteiger partial charge < -0.3 is 9.88 Å². The van der Waals surface area contributed by atoms with E-state index in [1.807, 2.05) is 30.9 Å². The summed E-state index contributed by atoms with van der Waals surface area (Å²) in [4.78, 5) is 14.9. The number of imidazole rings is 1. The fraction of sp³-hybridized carbons (Fsp3) is 0.409. The van der Waals surface area contributed by atoms with Crippen LogP contribution in [0.25, 0.3) is 11.4 Å². The van der Waals surface area contributed by atoms with E-state index in [0.29, 0.717) is 17.9 Å². The Morgan fingerprint density at radius 2 is 1.86 bits per heavy atom. The third kappa shape index (κ3) is 4.73. The zero-order chi connectivity index (χ0) is 20.3. The van der Waals surface area contributed by atoms with E-state index in [2.05, 4.69) is 72.7 Å². The van der Waals surface area contributed by atoms with Gasteiger partial charge in [-0.3, -0.25) is 0 Å². The summed E-state index contributed by atoms with van der Waals surface area (Å²) in [7, 11) is 0. The molecule has 0 aliphatic rings. The van der Waals surface area contributed by atoms with Crippen molar-refractivity contribution < 1.29 is 0 Å². The number of nitrogens with one attached hydrogen (secondary N) is 1. The Morgan fingerprint density at radius 1 is 1.07 bits per heavy atom. The molecule has 0 aliphatic heterocycles. The van der Waals surface area contributed by atoms with Gasteiger partial charge in [-0.05, 0) is 63.4 Å². The molecule has 0 amide bonds. The number of nitrogens with zero attached hydrogens (tertiary/aromatic N) is 4. The minimum absolute atomic E-state index is 0.321. The van der Waals surface area contributed by atoms with Gasteiger partial charge >= 0.3 is 0 Å². The van der Waals surface area contributed by atoms with E-state index < -0.39 is 0 Å². The quantitative estimate of drug-likeness (QED) is 0.495. The van der Waals surface area contributed by atoms with Crippen molar-refractivity contribution in [1.29, 1.82) is 0 Å². The van der Waals surface area contributed by atoms with Crippen molar-refractivity contribution in [2.75, 3.05) is 11.1 Å². The molecule has 5 nitrogen and oxygen atoms in total. The molecule has 28 heavy (non-hydrogen) atoms. The van der Waals surface area contributed by atoms with Crippen LogP contribution < -0.4 is 5.32 Å². The van der Waals surface area contributed by atoms with Gasteiger partial charge in [-0.15, -0.1) is 11.8 Å². The summed E-state index contributed by atoms with van der Waals surface area (Å²) in [5, 5.41) is 3.37. The molecule has 0 fully saturated rings. The first-order valence-corrected chi connectivity index (χ1v) is 10.7. The number of aryl methyl sites for hydroxylation is 2. The van der Waals surface area contributed by atoms with Gasteiger partial charge in [0.1, 0.15) is 5.82 Å². The Bertz CT molecular complexity index is 946. The molecular weight excluding hydrogens is 366 g/mol. The van der Waals surface area contributed by atoms with Crippen molar-refractivity contribution in [2.24, 2.45) is 5.92 Å². The zero-order valence-electron chi connectivity index (χ0n) is 17.5. The minimum atomic E-state index is 0.321. The Hall–Kier alpha value is -2.34. The first-order valence-electron chi connectivity index (χ1n) is 9.73. The highest BCUT2D eigenvalue weighted by atomic mass is 32.2. The molecule has 148 valence electrons. The lowest BCUT2D eigenvalue weighted by atomic mass is 10.2. The van der Waals surface area contributed by atoms with Crippen molar-refractivity contribution in [3.05, 3.63) is 48.0 Å². The second-order valence-electron chi connectivity index (χ2n) is 7.73. The number of benzene rings is 1. The standard InChI is InChI=1S/C22H29N5S/c1-14(2)13-28-18-7-8-19(16(5)11-18)25-22-23-10-9-20(26-22)21-12-24-17(6)27(21)15(3)4/h7-12,14-15H,13H2,1-6H3,(H,23,25,26). The monoisotopic (exact) mass is 395 g/mol. The van der Waals surface area contributed by atoms with E-state index in [9.17, 15) is 0 Å². The SMILES string of the molecule is Cc1cc(SCC(C)C)ccc1Nc1nccc(-c2cnc(C)n2C(C)C)n1. The summed E-state index contributed by atoms with van der Waals surface area (Å²) < 4.78 is 2.19. The average molecular weight is 396 g/mol. The number of anilines is 2. The number of hydrogen-bond donors (Lipinski definition) is 1. The topological polar surface area (TPSA) is 55.6 Å². The summed E-state index contributed by atoms with van der Waals surface area (Å²) in [5.74, 6) is 3.39. The Labute approximate surface area is 172 Å². The smallest absolute Gasteiger partial charge is 0.227 e. The molecular formula is C22H29N5S. The Morgan fingerprint density at radius 3 is 2.54 bits per heavy atom. The number of rotatable bonds is 7. The molecule has 2 aromatic heterocycles. The maximum absolute atomic E-state index is 4.73. The normalized spacial score (nSPS) is 11.4. The summed E-state index contributed by atoms with van der Waals surface area (Å²) in [6.45, 7) is 12.9. The number of thioether (sulfide) groups is 1. The van der Waals surface area contributed by atoms with Crippen LogP contribution in [0.5, 0.6) is 0 Å². The molecule has 1 N–H and O–H groups in total. The highest BCUT2D eigenvalue weighted by Crippen LogP contribution is 2.28. The molecule has 0 radical (unpaired) electrons. The van der Waals surface area contributed by atoms with E-state index >= 15 is 0 Å². The molecule has 2 heterocycles. The van der Waals surface area contributed by atoms with Gasteiger partial charge in [0, 0.05) is 28.6 Å². The lowest BCUT2D eigenvalue weighted by molar-refractivity contribution is 0.587. The Kier molecular flexibility index (Phi) is 6.39. The van der Waals surface area contributed by atoms with Gasteiger partial charge in [0.05, 0.1) is 17.6 Å². The third-order valence-electron chi connectivity index (χ3n) is 4.44. The van der Waals surface area contributed by atoms with Gasteiger partial charge in [-0.1, -0.05) is 13.8 Å². The van der Waals surface area contributed by atoms with Gasteiger partial charge in [-0.2, -0.15) is 0 Å². The van der Waals surface area contributed by atoms with Gasteiger partial charge in [0.25, 0.3) is 0 Å². The van der Waals surface area contributed by atoms with Crippen LogP contribution in [0.4, 0.5) is 11.6 Å². The Balaban J connectivity index is 1.82. The molecule has 0 saturated carbocycles. The van der Waals surface area contributed by atoms with Crippen LogP contribution in [0.2, 0.25) is 0 Å². The molecule has 3 aromatic rings. The van der Waals surface area contributed by atoms with Crippen molar-refractivity contribution >= 4 is 23.4 Å². The molecule has 0 saturated heterocycles. The molecule has 0 unspecified atom stereocenters. The average Bonchev–Trinajstić information content (AvgIpc) is 3.04. The molecule has 6 heteroatoms. The highest BCUT2D eigenvalue weighted by molar-refractivity contribution is 7.99. The van der Waals surface area contributed by atoms with Crippen LogP contribution in [-0.4, -0.2) is 25.3 Å². The van der Waals surface area contributed by atoms with E-state index in [1.165, 1.54) is 10.5 Å². The van der Waals surface area contributed by atoms with Gasteiger partial charge in [0.2, 0.25) is 5.95 Å². The lowest BCUT2D eigenvalue weighted by Crippen LogP contribution is -2.06. The number of hydrogen-bond acceptors (Lipinski definition) is 5. The molecule has 0 aliphatic carbocycles. The first-order chi connectivity index (χ1) is 13.3. The predicted octanol–water partition coefficient (Wildman–Crippen LogP) is 6.03. The van der Waals surface area contributed by atoms with Crippen LogP contribution in [0.1, 0.15) is 45.1 Å². The van der Waals surface area contributed by atoms with Crippen LogP contribution in [0, 0.1) is 19.8 Å². The van der Waals surface area contributed by atoms with Crippen molar-refractivity contribution in [2.45, 2.75) is 52.5 Å². The highest BCUT2D eigenvalue weighted by Gasteiger charge is 2.13. The molecule has 0 spiro atoms. The summed E-state index contributed by atoms with van der Waals surface area (Å²) in [6.07, 6.45) is 3.67. The zero-order valence-corrected chi connectivity index (χ0v) is 18.3. The second-order valence-corrected chi connectivity index (χ2v) is 8.82. The van der Waals surface area contributed by atoms with Gasteiger partial charge in [-0.25, -0.2) is 15.0 Å². The van der Waals surface area contributed by atoms with E-state index in [0.717, 1.165) is 28.7 Å². The van der Waals surface area contributed by atoms with Crippen LogP contribution in [0.15, 0.2) is 41.6 Å². The molecule has 3 rings (SSSR count). The summed E-state index contributed by atoms with van der Waals surface area (Å²) in [5.41, 5.74) is 4.09. The maximum Gasteiger partial charge on any atom is 0.227 e. The molecule has 1 aromatic carbocycles. The lowest BCUT2D eigenvalue weighted by Gasteiger charge is -2.14. The van der Waals surface area contributed by atoms with Crippen LogP contribution in [-0.2, 0) is 0 Å². The minimum Gasteiger partial charge on any atom is -0.324 e. The third-order valence-corrected chi connectivity index (χ3v) is 5.86. The fourth-order valence-electron chi connectivity index (χ4n) is 3.11. The van der Waals surface area contributed by atoms with Crippen LogP contribution in [0.3, 0.4) is 0 Å². The summed E-state index contributed by atoms with van der Waals surface area (Å²) in [6, 6.07) is 8.73. The van der Waals surface area contributed by atoms with Crippen LogP contribution >= 0.6 is 11.8 Å². The fourth-order valence-corrected chi connectivity index (χ4v) is 4.06. The predicted molar refractivity (Wildman–Crippen MR) is 118 cm³/mol. The number of aromatic nitrogens is 4. The maximum atomic E-state index is 4.73. The van der Waals surface area contributed by atoms with Gasteiger partial charge in [0.15, 0.2) is 0 Å². The van der Waals surface area contributed by atoms with Crippen molar-refractivity contribution in [1.82, 2.24) is 19.5 Å². The van der Waals surface area contributed by atoms with E-state index in [1.54, 1.807) is 6.20 Å². The van der Waals surface area contributed by atoms with Crippen molar-refractivity contribution in [3.63, 3.8) is 0 Å². The van der Waals surface area contributed by atoms with E-state index in [-0.39, 0.29) is 0 Å². The molecule has 0 atom stereocenters. The van der Waals surface area contributed by atoms with E-state index in [4.69, 9.17) is 4.98 Å². The largest absolute Gasteiger partial charge is 0.324 e. The molecule has 0 bridgehead atoms. The summed E-state index contributed by atoms with van der Waals surface area (Å²) >= 11 is 1.90. The second kappa shape index (κ2) is 8.78.